The van der Waals surface area contributed by atoms with Crippen molar-refractivity contribution in [3.05, 3.63) is 64.8 Å². The van der Waals surface area contributed by atoms with Gasteiger partial charge in [0.15, 0.2) is 5.65 Å². The van der Waals surface area contributed by atoms with Crippen LogP contribution in [-0.2, 0) is 0 Å². The zero-order chi connectivity index (χ0) is 13.4. The van der Waals surface area contributed by atoms with Gasteiger partial charge in [0.2, 0.25) is 0 Å². The predicted octanol–water partition coefficient (Wildman–Crippen LogP) is 2.23. The van der Waals surface area contributed by atoms with Crippen LogP contribution in [0.15, 0.2) is 53.5 Å². The molecule has 0 fully saturated rings. The van der Waals surface area contributed by atoms with Crippen molar-refractivity contribution >= 4 is 11.0 Å². The van der Waals surface area contributed by atoms with E-state index in [1.165, 1.54) is 29.0 Å². The van der Waals surface area contributed by atoms with Crippen molar-refractivity contribution in [3.8, 4) is 11.4 Å². The summed E-state index contributed by atoms with van der Waals surface area (Å²) in [5, 5.41) is 10.2. The van der Waals surface area contributed by atoms with E-state index in [1.807, 2.05) is 0 Å². The van der Waals surface area contributed by atoms with Crippen LogP contribution >= 0.6 is 0 Å². The Morgan fingerprint density at radius 2 is 2.00 bits per heavy atom. The topological polar surface area (TPSA) is 55.1 Å². The molecule has 0 bridgehead atoms. The minimum absolute atomic E-state index is 0.138. The average molecular weight is 256 g/mol. The molecular weight excluding hydrogens is 247 g/mol. The van der Waals surface area contributed by atoms with Gasteiger partial charge >= 0.3 is 0 Å². The van der Waals surface area contributed by atoms with Gasteiger partial charge in [0.05, 0.1) is 11.1 Å². The summed E-state index contributed by atoms with van der Waals surface area (Å²) < 4.78 is 14.5. The summed E-state index contributed by atoms with van der Waals surface area (Å²) in [6, 6.07) is 10.1. The lowest BCUT2D eigenvalue weighted by Crippen LogP contribution is -2.18. The van der Waals surface area contributed by atoms with E-state index in [0.717, 1.165) is 6.07 Å². The van der Waals surface area contributed by atoms with E-state index in [0.29, 0.717) is 11.1 Å². The zero-order valence-electron chi connectivity index (χ0n) is 9.75. The van der Waals surface area contributed by atoms with Crippen LogP contribution in [0.1, 0.15) is 0 Å². The van der Waals surface area contributed by atoms with Crippen molar-refractivity contribution in [1.82, 2.24) is 9.55 Å². The van der Waals surface area contributed by atoms with Gasteiger partial charge in [-0.3, -0.25) is 9.36 Å². The first-order valence-electron chi connectivity index (χ1n) is 5.62. The Balaban J connectivity index is 2.44. The summed E-state index contributed by atoms with van der Waals surface area (Å²) in [6.45, 7) is 0. The average Bonchev–Trinajstić information content (AvgIpc) is 2.39. The number of hydrogen-bond acceptors (Lipinski definition) is 3. The van der Waals surface area contributed by atoms with E-state index < -0.39 is 11.4 Å². The van der Waals surface area contributed by atoms with Crippen molar-refractivity contribution in [2.45, 2.75) is 0 Å². The number of fused-ring (bicyclic) bond motifs is 1. The predicted molar refractivity (Wildman–Crippen MR) is 69.0 cm³/mol. The Labute approximate surface area is 107 Å². The minimum atomic E-state index is -0.464. The molecule has 0 spiro atoms. The molecule has 0 saturated carbocycles. The van der Waals surface area contributed by atoms with Gasteiger partial charge < -0.3 is 5.11 Å². The van der Waals surface area contributed by atoms with Gasteiger partial charge in [0.1, 0.15) is 11.6 Å². The summed E-state index contributed by atoms with van der Waals surface area (Å²) in [5.41, 5.74) is 0.195. The second kappa shape index (κ2) is 4.20. The maximum Gasteiger partial charge on any atom is 0.260 e. The Hall–Kier alpha value is -2.69. The lowest BCUT2D eigenvalue weighted by atomic mass is 10.2. The molecule has 0 saturated heterocycles. The molecular formula is C14H9FN2O2. The van der Waals surface area contributed by atoms with E-state index in [-0.39, 0.29) is 11.4 Å². The summed E-state index contributed by atoms with van der Waals surface area (Å²) in [7, 11) is 0. The first-order chi connectivity index (χ1) is 9.16. The van der Waals surface area contributed by atoms with E-state index in [2.05, 4.69) is 4.98 Å². The summed E-state index contributed by atoms with van der Waals surface area (Å²) in [5.74, 6) is -0.581. The summed E-state index contributed by atoms with van der Waals surface area (Å²) in [4.78, 5) is 16.1. The summed E-state index contributed by atoms with van der Waals surface area (Å²) in [6.07, 6.45) is 1.51. The Morgan fingerprint density at radius 1 is 1.16 bits per heavy atom. The fraction of sp³-hybridized carbons (Fsp3) is 0. The Kier molecular flexibility index (Phi) is 2.52. The van der Waals surface area contributed by atoms with Gasteiger partial charge in [-0.1, -0.05) is 6.07 Å². The fourth-order valence-corrected chi connectivity index (χ4v) is 2.00. The van der Waals surface area contributed by atoms with Crippen LogP contribution in [0, 0.1) is 5.82 Å². The zero-order valence-corrected chi connectivity index (χ0v) is 9.75. The number of nitrogens with zero attached hydrogens (tertiary/aromatic N) is 2. The van der Waals surface area contributed by atoms with Crippen LogP contribution in [0.4, 0.5) is 4.39 Å². The molecule has 19 heavy (non-hydrogen) atoms. The molecule has 0 aliphatic carbocycles. The SMILES string of the molecule is O=c1cc(O)c2cccnc2n1-c1cccc(F)c1. The van der Waals surface area contributed by atoms with E-state index in [4.69, 9.17) is 0 Å². The fourth-order valence-electron chi connectivity index (χ4n) is 2.00. The van der Waals surface area contributed by atoms with Gasteiger partial charge in [-0.25, -0.2) is 9.37 Å². The highest BCUT2D eigenvalue weighted by Crippen LogP contribution is 2.22. The van der Waals surface area contributed by atoms with E-state index in [9.17, 15) is 14.3 Å². The largest absolute Gasteiger partial charge is 0.507 e. The van der Waals surface area contributed by atoms with E-state index >= 15 is 0 Å². The molecule has 0 atom stereocenters. The van der Waals surface area contributed by atoms with Crippen molar-refractivity contribution in [2.75, 3.05) is 0 Å². The lowest BCUT2D eigenvalue weighted by Gasteiger charge is -2.10. The van der Waals surface area contributed by atoms with Crippen LogP contribution in [0.3, 0.4) is 0 Å². The number of benzene rings is 1. The highest BCUT2D eigenvalue weighted by Gasteiger charge is 2.10. The molecule has 1 N–H and O–H groups in total. The molecule has 3 rings (SSSR count). The molecule has 3 aromatic rings. The lowest BCUT2D eigenvalue weighted by molar-refractivity contribution is 0.480. The van der Waals surface area contributed by atoms with Crippen molar-refractivity contribution in [3.63, 3.8) is 0 Å². The van der Waals surface area contributed by atoms with Crippen LogP contribution in [0.2, 0.25) is 0 Å². The highest BCUT2D eigenvalue weighted by molar-refractivity contribution is 5.82. The molecule has 0 radical (unpaired) electrons. The molecule has 4 nitrogen and oxygen atoms in total. The first kappa shape index (κ1) is 11.4. The van der Waals surface area contributed by atoms with Crippen molar-refractivity contribution < 1.29 is 9.50 Å². The molecule has 2 heterocycles. The molecule has 2 aromatic heterocycles. The molecule has 0 amide bonds. The van der Waals surface area contributed by atoms with Gasteiger partial charge in [0, 0.05) is 12.3 Å². The van der Waals surface area contributed by atoms with E-state index in [1.54, 1.807) is 18.2 Å². The van der Waals surface area contributed by atoms with Gasteiger partial charge in [0.25, 0.3) is 5.56 Å². The minimum Gasteiger partial charge on any atom is -0.507 e. The van der Waals surface area contributed by atoms with Crippen LogP contribution < -0.4 is 5.56 Å². The second-order valence-electron chi connectivity index (χ2n) is 4.06. The number of pyridine rings is 2. The third-order valence-electron chi connectivity index (χ3n) is 2.82. The number of rotatable bonds is 1. The normalized spacial score (nSPS) is 10.8. The standard InChI is InChI=1S/C14H9FN2O2/c15-9-3-1-4-10(7-9)17-13(19)8-12(18)11-5-2-6-16-14(11)17/h1-8,18H. The highest BCUT2D eigenvalue weighted by atomic mass is 19.1. The monoisotopic (exact) mass is 256 g/mol. The number of hydrogen-bond donors (Lipinski definition) is 1. The number of aromatic hydroxyl groups is 1. The van der Waals surface area contributed by atoms with Gasteiger partial charge in [-0.05, 0) is 30.3 Å². The quantitative estimate of drug-likeness (QED) is 0.726. The molecule has 0 unspecified atom stereocenters. The van der Waals surface area contributed by atoms with Crippen LogP contribution in [0.25, 0.3) is 16.7 Å². The summed E-state index contributed by atoms with van der Waals surface area (Å²) >= 11 is 0. The maximum atomic E-state index is 13.3. The molecule has 94 valence electrons. The Morgan fingerprint density at radius 3 is 2.79 bits per heavy atom. The molecule has 0 aliphatic rings. The van der Waals surface area contributed by atoms with Crippen LogP contribution in [0.5, 0.6) is 5.75 Å². The maximum absolute atomic E-state index is 13.3. The third kappa shape index (κ3) is 1.85. The number of halogens is 1. The first-order valence-corrected chi connectivity index (χ1v) is 5.62. The third-order valence-corrected chi connectivity index (χ3v) is 2.82. The molecule has 5 heteroatoms. The van der Waals surface area contributed by atoms with Crippen LogP contribution in [-0.4, -0.2) is 14.7 Å². The van der Waals surface area contributed by atoms with Crippen molar-refractivity contribution in [2.24, 2.45) is 0 Å². The Bertz CT molecular complexity index is 827. The van der Waals surface area contributed by atoms with Crippen molar-refractivity contribution in [1.29, 1.82) is 0 Å². The van der Waals surface area contributed by atoms with Gasteiger partial charge in [-0.15, -0.1) is 0 Å². The smallest absolute Gasteiger partial charge is 0.260 e. The van der Waals surface area contributed by atoms with Gasteiger partial charge in [-0.2, -0.15) is 0 Å². The molecule has 1 aromatic carbocycles. The number of aromatic nitrogens is 2. The second-order valence-corrected chi connectivity index (χ2v) is 4.06. The molecule has 0 aliphatic heterocycles.